The first-order chi connectivity index (χ1) is 11.1. The summed E-state index contributed by atoms with van der Waals surface area (Å²) in [5.41, 5.74) is 0. The van der Waals surface area contributed by atoms with Crippen LogP contribution in [0.2, 0.25) is 0 Å². The number of urea groups is 1. The van der Waals surface area contributed by atoms with Gasteiger partial charge in [0.2, 0.25) is 0 Å². The summed E-state index contributed by atoms with van der Waals surface area (Å²) in [5.74, 6) is 0. The number of likely N-dealkylation sites (tertiary alicyclic amines) is 1. The lowest BCUT2D eigenvalue weighted by Crippen LogP contribution is -2.54. The van der Waals surface area contributed by atoms with Crippen LogP contribution in [0.4, 0.5) is 4.79 Å². The van der Waals surface area contributed by atoms with Gasteiger partial charge in [0.25, 0.3) is 0 Å². The van der Waals surface area contributed by atoms with Gasteiger partial charge >= 0.3 is 12.0 Å². The minimum atomic E-state index is 0.0766. The van der Waals surface area contributed by atoms with Crippen LogP contribution in [0.5, 0.6) is 6.01 Å². The average molecular weight is 384 g/mol. The maximum Gasteiger partial charge on any atom is 0.320 e. The first-order valence-electron chi connectivity index (χ1n) is 7.98. The van der Waals surface area contributed by atoms with Crippen LogP contribution in [0.25, 0.3) is 0 Å². The standard InChI is InChI=1S/C15H22BrN5O2/c1-19-6-8-21(9-7-19)15(22)20-4-2-13(3-5-20)23-14-17-10-12(16)11-18-14/h10-11,13H,2-9H2,1H3. The summed E-state index contributed by atoms with van der Waals surface area (Å²) >= 11 is 3.30. The van der Waals surface area contributed by atoms with E-state index in [2.05, 4.69) is 37.8 Å². The molecule has 1 aromatic heterocycles. The molecule has 2 aliphatic rings. The second-order valence-electron chi connectivity index (χ2n) is 6.06. The highest BCUT2D eigenvalue weighted by atomic mass is 79.9. The number of hydrogen-bond acceptors (Lipinski definition) is 5. The monoisotopic (exact) mass is 383 g/mol. The SMILES string of the molecule is CN1CCN(C(=O)N2CCC(Oc3ncc(Br)cn3)CC2)CC1. The third kappa shape index (κ3) is 4.32. The van der Waals surface area contributed by atoms with Gasteiger partial charge < -0.3 is 19.4 Å². The summed E-state index contributed by atoms with van der Waals surface area (Å²) in [6, 6.07) is 0.563. The third-order valence-corrected chi connectivity index (χ3v) is 4.76. The van der Waals surface area contributed by atoms with Gasteiger partial charge in [-0.1, -0.05) is 0 Å². The van der Waals surface area contributed by atoms with E-state index < -0.39 is 0 Å². The minimum Gasteiger partial charge on any atom is -0.460 e. The Labute approximate surface area is 144 Å². The molecular weight excluding hydrogens is 362 g/mol. The zero-order valence-corrected chi connectivity index (χ0v) is 14.9. The van der Waals surface area contributed by atoms with Gasteiger partial charge in [0.15, 0.2) is 0 Å². The molecular formula is C15H22BrN5O2. The zero-order chi connectivity index (χ0) is 16.2. The van der Waals surface area contributed by atoms with E-state index in [0.717, 1.165) is 56.6 Å². The van der Waals surface area contributed by atoms with Gasteiger partial charge in [0, 0.05) is 64.5 Å². The van der Waals surface area contributed by atoms with E-state index in [1.165, 1.54) is 0 Å². The summed E-state index contributed by atoms with van der Waals surface area (Å²) in [6.45, 7) is 4.99. The van der Waals surface area contributed by atoms with E-state index in [1.54, 1.807) is 12.4 Å². The van der Waals surface area contributed by atoms with E-state index in [-0.39, 0.29) is 12.1 Å². The van der Waals surface area contributed by atoms with Crippen LogP contribution >= 0.6 is 15.9 Å². The number of hydrogen-bond donors (Lipinski definition) is 0. The van der Waals surface area contributed by atoms with E-state index in [0.29, 0.717) is 6.01 Å². The van der Waals surface area contributed by atoms with Gasteiger partial charge in [-0.05, 0) is 23.0 Å². The molecule has 0 aliphatic carbocycles. The van der Waals surface area contributed by atoms with E-state index in [9.17, 15) is 4.79 Å². The maximum absolute atomic E-state index is 12.5. The molecule has 2 fully saturated rings. The average Bonchev–Trinajstić information content (AvgIpc) is 2.58. The fourth-order valence-electron chi connectivity index (χ4n) is 2.87. The molecule has 0 saturated carbocycles. The largest absolute Gasteiger partial charge is 0.460 e. The van der Waals surface area contributed by atoms with Crippen molar-refractivity contribution in [1.29, 1.82) is 0 Å². The summed E-state index contributed by atoms with van der Waals surface area (Å²) in [5, 5.41) is 0. The molecule has 126 valence electrons. The van der Waals surface area contributed by atoms with Gasteiger partial charge in [-0.15, -0.1) is 0 Å². The van der Waals surface area contributed by atoms with Gasteiger partial charge in [-0.25, -0.2) is 14.8 Å². The molecule has 2 saturated heterocycles. The first kappa shape index (κ1) is 16.4. The van der Waals surface area contributed by atoms with Crippen LogP contribution in [0.15, 0.2) is 16.9 Å². The molecule has 3 heterocycles. The van der Waals surface area contributed by atoms with Crippen molar-refractivity contribution in [3.63, 3.8) is 0 Å². The van der Waals surface area contributed by atoms with Crippen LogP contribution in [-0.4, -0.2) is 83.1 Å². The molecule has 0 atom stereocenters. The first-order valence-corrected chi connectivity index (χ1v) is 8.78. The zero-order valence-electron chi connectivity index (χ0n) is 13.3. The van der Waals surface area contributed by atoms with Crippen molar-refractivity contribution in [3.8, 4) is 6.01 Å². The van der Waals surface area contributed by atoms with Gasteiger partial charge in [0.1, 0.15) is 6.10 Å². The lowest BCUT2D eigenvalue weighted by molar-refractivity contribution is 0.0799. The molecule has 23 heavy (non-hydrogen) atoms. The van der Waals surface area contributed by atoms with Crippen LogP contribution in [0.1, 0.15) is 12.8 Å². The highest BCUT2D eigenvalue weighted by molar-refractivity contribution is 9.10. The van der Waals surface area contributed by atoms with E-state index in [4.69, 9.17) is 4.74 Å². The number of likely N-dealkylation sites (N-methyl/N-ethyl adjacent to an activating group) is 1. The highest BCUT2D eigenvalue weighted by Crippen LogP contribution is 2.18. The lowest BCUT2D eigenvalue weighted by Gasteiger charge is -2.38. The summed E-state index contributed by atoms with van der Waals surface area (Å²) < 4.78 is 6.63. The summed E-state index contributed by atoms with van der Waals surface area (Å²) in [7, 11) is 2.09. The Balaban J connectivity index is 1.46. The Kier molecular flexibility index (Phi) is 5.32. The van der Waals surface area contributed by atoms with Gasteiger partial charge in [-0.2, -0.15) is 0 Å². The Hall–Kier alpha value is -1.41. The maximum atomic E-state index is 12.5. The Bertz CT molecular complexity index is 525. The summed E-state index contributed by atoms with van der Waals surface area (Å²) in [4.78, 5) is 26.9. The molecule has 7 nitrogen and oxygen atoms in total. The number of aromatic nitrogens is 2. The molecule has 0 N–H and O–H groups in total. The molecule has 0 aromatic carbocycles. The molecule has 0 unspecified atom stereocenters. The van der Waals surface area contributed by atoms with Gasteiger partial charge in [0.05, 0.1) is 4.47 Å². The fourth-order valence-corrected chi connectivity index (χ4v) is 3.08. The number of amides is 2. The van der Waals surface area contributed by atoms with Gasteiger partial charge in [-0.3, -0.25) is 0 Å². The van der Waals surface area contributed by atoms with Crippen LogP contribution in [0, 0.1) is 0 Å². The number of carbonyl (C=O) groups excluding carboxylic acids is 1. The van der Waals surface area contributed by atoms with Crippen LogP contribution < -0.4 is 4.74 Å². The lowest BCUT2D eigenvalue weighted by atomic mass is 10.1. The highest BCUT2D eigenvalue weighted by Gasteiger charge is 2.28. The van der Waals surface area contributed by atoms with Crippen molar-refractivity contribution < 1.29 is 9.53 Å². The van der Waals surface area contributed by atoms with E-state index in [1.807, 2.05) is 9.80 Å². The van der Waals surface area contributed by atoms with Crippen molar-refractivity contribution >= 4 is 22.0 Å². The van der Waals surface area contributed by atoms with E-state index >= 15 is 0 Å². The summed E-state index contributed by atoms with van der Waals surface area (Å²) in [6.07, 6.45) is 5.06. The molecule has 2 amide bonds. The Morgan fingerprint density at radius 3 is 2.26 bits per heavy atom. The fraction of sp³-hybridized carbons (Fsp3) is 0.667. The van der Waals surface area contributed by atoms with Crippen LogP contribution in [0.3, 0.4) is 0 Å². The van der Waals surface area contributed by atoms with Crippen molar-refractivity contribution in [2.45, 2.75) is 18.9 Å². The molecule has 0 bridgehead atoms. The number of ether oxygens (including phenoxy) is 1. The third-order valence-electron chi connectivity index (χ3n) is 4.36. The number of piperidine rings is 1. The number of nitrogens with zero attached hydrogens (tertiary/aromatic N) is 5. The predicted octanol–water partition coefficient (Wildman–Crippen LogP) is 1.45. The van der Waals surface area contributed by atoms with Crippen molar-refractivity contribution in [3.05, 3.63) is 16.9 Å². The second kappa shape index (κ2) is 7.44. The molecule has 2 aliphatic heterocycles. The topological polar surface area (TPSA) is 61.8 Å². The number of rotatable bonds is 2. The number of piperazine rings is 1. The molecule has 8 heteroatoms. The quantitative estimate of drug-likeness (QED) is 0.773. The second-order valence-corrected chi connectivity index (χ2v) is 6.98. The van der Waals surface area contributed by atoms with Crippen molar-refractivity contribution in [1.82, 2.24) is 24.7 Å². The van der Waals surface area contributed by atoms with Crippen molar-refractivity contribution in [2.24, 2.45) is 0 Å². The molecule has 0 radical (unpaired) electrons. The number of carbonyl (C=O) groups is 1. The molecule has 3 rings (SSSR count). The Morgan fingerprint density at radius 1 is 1.09 bits per heavy atom. The normalized spacial score (nSPS) is 20.6. The molecule has 0 spiro atoms. The predicted molar refractivity (Wildman–Crippen MR) is 89.4 cm³/mol. The smallest absolute Gasteiger partial charge is 0.320 e. The molecule has 1 aromatic rings. The minimum absolute atomic E-state index is 0.0766. The Morgan fingerprint density at radius 2 is 1.65 bits per heavy atom. The van der Waals surface area contributed by atoms with Crippen LogP contribution in [-0.2, 0) is 0 Å². The van der Waals surface area contributed by atoms with Crippen molar-refractivity contribution in [2.75, 3.05) is 46.3 Å². The number of halogens is 1.